The molecule has 1 heterocycles. The van der Waals surface area contributed by atoms with Gasteiger partial charge in [-0.3, -0.25) is 10.1 Å². The van der Waals surface area contributed by atoms with Gasteiger partial charge in [0.05, 0.1) is 12.6 Å². The molecule has 20 heavy (non-hydrogen) atoms. The minimum Gasteiger partial charge on any atom is -0.314 e. The molecule has 1 aliphatic heterocycles. The number of nitrogens with zero attached hydrogens (tertiary/aromatic N) is 1. The molecule has 1 N–H and O–H groups in total. The topological polar surface area (TPSA) is 32.3 Å². The summed E-state index contributed by atoms with van der Waals surface area (Å²) in [7, 11) is 1.83. The molecule has 0 unspecified atom stereocenters. The molecule has 2 aliphatic rings. The van der Waals surface area contributed by atoms with Crippen molar-refractivity contribution >= 4 is 23.2 Å². The van der Waals surface area contributed by atoms with Crippen LogP contribution < -0.4 is 10.2 Å². The molecule has 0 bridgehead atoms. The highest BCUT2D eigenvalue weighted by molar-refractivity contribution is 6.30. The maximum Gasteiger partial charge on any atom is 0.240 e. The van der Waals surface area contributed by atoms with E-state index >= 15 is 0 Å². The Bertz CT molecular complexity index is 568. The maximum absolute atomic E-state index is 12.1. The van der Waals surface area contributed by atoms with E-state index in [0.717, 1.165) is 29.1 Å². The fourth-order valence-corrected chi connectivity index (χ4v) is 3.25. The van der Waals surface area contributed by atoms with Gasteiger partial charge in [-0.2, -0.15) is 0 Å². The van der Waals surface area contributed by atoms with E-state index in [1.807, 2.05) is 25.2 Å². The van der Waals surface area contributed by atoms with E-state index in [0.29, 0.717) is 6.54 Å². The Morgan fingerprint density at radius 2 is 2.20 bits per heavy atom. The molecule has 0 saturated heterocycles. The number of fused-ring (bicyclic) bond motifs is 1. The quantitative estimate of drug-likeness (QED) is 0.804. The van der Waals surface area contributed by atoms with E-state index in [4.69, 9.17) is 11.6 Å². The Morgan fingerprint density at radius 1 is 1.35 bits per heavy atom. The summed E-state index contributed by atoms with van der Waals surface area (Å²) in [5.41, 5.74) is 3.46. The number of benzene rings is 1. The smallest absolute Gasteiger partial charge is 0.240 e. The Labute approximate surface area is 124 Å². The number of carbonyl (C=O) groups excluding carboxylic acids is 1. The average Bonchev–Trinajstić information content (AvgIpc) is 2.58. The largest absolute Gasteiger partial charge is 0.314 e. The maximum atomic E-state index is 12.1. The molecule has 3 rings (SSSR count). The van der Waals surface area contributed by atoms with Crippen molar-refractivity contribution in [2.24, 2.45) is 0 Å². The lowest BCUT2D eigenvalue weighted by molar-refractivity contribution is -0.117. The summed E-state index contributed by atoms with van der Waals surface area (Å²) < 4.78 is 0. The van der Waals surface area contributed by atoms with Gasteiger partial charge < -0.3 is 4.90 Å². The van der Waals surface area contributed by atoms with Crippen molar-refractivity contribution in [2.45, 2.75) is 31.7 Å². The van der Waals surface area contributed by atoms with Crippen molar-refractivity contribution in [2.75, 3.05) is 18.5 Å². The highest BCUT2D eigenvalue weighted by Gasteiger charge is 2.28. The summed E-state index contributed by atoms with van der Waals surface area (Å²) in [4.78, 5) is 13.8. The summed E-state index contributed by atoms with van der Waals surface area (Å²) in [6.45, 7) is 0.366. The summed E-state index contributed by atoms with van der Waals surface area (Å²) >= 11 is 6.17. The molecule has 1 aromatic carbocycles. The molecule has 0 aromatic heterocycles. The van der Waals surface area contributed by atoms with Gasteiger partial charge in [0.15, 0.2) is 0 Å². The molecule has 1 aliphatic carbocycles. The summed E-state index contributed by atoms with van der Waals surface area (Å²) in [5, 5.41) is 4.11. The number of rotatable bonds is 1. The average molecular weight is 291 g/mol. The fraction of sp³-hybridized carbons (Fsp3) is 0.438. The van der Waals surface area contributed by atoms with Crippen molar-refractivity contribution in [3.8, 4) is 0 Å². The zero-order valence-electron chi connectivity index (χ0n) is 11.7. The van der Waals surface area contributed by atoms with Gasteiger partial charge in [-0.25, -0.2) is 0 Å². The van der Waals surface area contributed by atoms with E-state index in [1.165, 1.54) is 18.4 Å². The first kappa shape index (κ1) is 13.7. The number of amides is 1. The summed E-state index contributed by atoms with van der Waals surface area (Å²) in [6, 6.07) is 5.89. The number of halogens is 1. The number of carbonyl (C=O) groups is 1. The van der Waals surface area contributed by atoms with Crippen LogP contribution in [-0.4, -0.2) is 19.5 Å². The van der Waals surface area contributed by atoms with Crippen molar-refractivity contribution in [1.29, 1.82) is 0 Å². The van der Waals surface area contributed by atoms with Crippen molar-refractivity contribution in [3.63, 3.8) is 0 Å². The van der Waals surface area contributed by atoms with Crippen LogP contribution in [-0.2, 0) is 4.79 Å². The van der Waals surface area contributed by atoms with Crippen LogP contribution in [0.4, 0.5) is 5.69 Å². The monoisotopic (exact) mass is 290 g/mol. The zero-order chi connectivity index (χ0) is 14.1. The number of hydrogen-bond donors (Lipinski definition) is 1. The Morgan fingerprint density at radius 3 is 2.95 bits per heavy atom. The molecule has 0 fully saturated rings. The molecule has 4 heteroatoms. The highest BCUT2D eigenvalue weighted by Crippen LogP contribution is 2.37. The van der Waals surface area contributed by atoms with E-state index in [-0.39, 0.29) is 11.9 Å². The number of allylic oxidation sites excluding steroid dienone is 1. The molecule has 0 spiro atoms. The first-order valence-electron chi connectivity index (χ1n) is 7.15. The third kappa shape index (κ3) is 2.48. The SMILES string of the molecule is CN1C(=O)CN[C@H](C2=CCCCC2)c2cc(Cl)ccc21. The van der Waals surface area contributed by atoms with Crippen LogP contribution in [0.2, 0.25) is 5.02 Å². The van der Waals surface area contributed by atoms with Gasteiger partial charge in [0, 0.05) is 17.8 Å². The molecule has 1 amide bonds. The molecular formula is C16H19ClN2O. The predicted octanol–water partition coefficient (Wildman–Crippen LogP) is 3.45. The van der Waals surface area contributed by atoms with E-state index in [2.05, 4.69) is 11.4 Å². The van der Waals surface area contributed by atoms with E-state index < -0.39 is 0 Å². The van der Waals surface area contributed by atoms with Crippen molar-refractivity contribution < 1.29 is 4.79 Å². The molecule has 0 radical (unpaired) electrons. The van der Waals surface area contributed by atoms with Gasteiger partial charge in [0.25, 0.3) is 0 Å². The molecule has 106 valence electrons. The Hall–Kier alpha value is -1.32. The lowest BCUT2D eigenvalue weighted by atomic mass is 9.89. The van der Waals surface area contributed by atoms with Gasteiger partial charge in [0.2, 0.25) is 5.91 Å². The molecule has 3 nitrogen and oxygen atoms in total. The normalized spacial score (nSPS) is 23.1. The van der Waals surface area contributed by atoms with Crippen LogP contribution in [0.5, 0.6) is 0 Å². The van der Waals surface area contributed by atoms with Crippen LogP contribution in [0.15, 0.2) is 29.8 Å². The third-order valence-corrected chi connectivity index (χ3v) is 4.43. The first-order chi connectivity index (χ1) is 9.66. The third-order valence-electron chi connectivity index (χ3n) is 4.19. The Balaban J connectivity index is 2.07. The van der Waals surface area contributed by atoms with Crippen molar-refractivity contribution in [3.05, 3.63) is 40.4 Å². The van der Waals surface area contributed by atoms with Crippen LogP contribution >= 0.6 is 11.6 Å². The molecule has 1 atom stereocenters. The van der Waals surface area contributed by atoms with Crippen LogP contribution in [0, 0.1) is 0 Å². The van der Waals surface area contributed by atoms with Gasteiger partial charge in [-0.05, 0) is 49.4 Å². The predicted molar refractivity (Wildman–Crippen MR) is 82.2 cm³/mol. The standard InChI is InChI=1S/C16H19ClN2O/c1-19-14-8-7-12(17)9-13(14)16(18-10-15(19)20)11-5-3-2-4-6-11/h5,7-9,16,18H,2-4,6,10H2,1H3/t16-/m1/s1. The second kappa shape index (κ2) is 5.58. The first-order valence-corrected chi connectivity index (χ1v) is 7.53. The Kier molecular flexibility index (Phi) is 3.81. The second-order valence-corrected chi connectivity index (χ2v) is 5.93. The minimum atomic E-state index is 0.0903. The minimum absolute atomic E-state index is 0.0903. The van der Waals surface area contributed by atoms with Gasteiger partial charge in [0.1, 0.15) is 0 Å². The lowest BCUT2D eigenvalue weighted by Gasteiger charge is -2.25. The van der Waals surface area contributed by atoms with Crippen LogP contribution in [0.25, 0.3) is 0 Å². The van der Waals surface area contributed by atoms with E-state index in [1.54, 1.807) is 4.90 Å². The van der Waals surface area contributed by atoms with Crippen molar-refractivity contribution in [1.82, 2.24) is 5.32 Å². The van der Waals surface area contributed by atoms with Gasteiger partial charge in [-0.15, -0.1) is 0 Å². The summed E-state index contributed by atoms with van der Waals surface area (Å²) in [6.07, 6.45) is 7.04. The van der Waals surface area contributed by atoms with Crippen LogP contribution in [0.1, 0.15) is 37.3 Å². The van der Waals surface area contributed by atoms with Gasteiger partial charge >= 0.3 is 0 Å². The summed E-state index contributed by atoms with van der Waals surface area (Å²) in [5.74, 6) is 0.0903. The number of hydrogen-bond acceptors (Lipinski definition) is 2. The molecule has 0 saturated carbocycles. The van der Waals surface area contributed by atoms with Crippen LogP contribution in [0.3, 0.4) is 0 Å². The van der Waals surface area contributed by atoms with E-state index in [9.17, 15) is 4.79 Å². The molecular weight excluding hydrogens is 272 g/mol. The number of likely N-dealkylation sites (N-methyl/N-ethyl adjacent to an activating group) is 1. The zero-order valence-corrected chi connectivity index (χ0v) is 12.4. The molecule has 1 aromatic rings. The lowest BCUT2D eigenvalue weighted by Crippen LogP contribution is -2.33. The highest BCUT2D eigenvalue weighted by atomic mass is 35.5. The fourth-order valence-electron chi connectivity index (χ4n) is 3.07. The number of anilines is 1. The number of nitrogens with one attached hydrogen (secondary N) is 1. The second-order valence-electron chi connectivity index (χ2n) is 5.49. The van der Waals surface area contributed by atoms with Gasteiger partial charge in [-0.1, -0.05) is 23.3 Å².